The Labute approximate surface area is 228 Å². The Bertz CT molecular complexity index is 1360. The van der Waals surface area contributed by atoms with Crippen LogP contribution in [0.1, 0.15) is 26.1 Å². The predicted octanol–water partition coefficient (Wildman–Crippen LogP) is 1.80. The molecule has 0 saturated carbocycles. The van der Waals surface area contributed by atoms with E-state index in [0.29, 0.717) is 49.9 Å². The zero-order chi connectivity index (χ0) is 28.6. The largest absolute Gasteiger partial charge is 0.406 e. The molecule has 0 aromatic carbocycles. The molecule has 0 unspecified atom stereocenters. The molecule has 3 aromatic rings. The van der Waals surface area contributed by atoms with E-state index in [-0.39, 0.29) is 48.6 Å². The maximum absolute atomic E-state index is 14.0. The highest BCUT2D eigenvalue weighted by Gasteiger charge is 2.37. The number of anilines is 2. The Balaban J connectivity index is 1.65. The van der Waals surface area contributed by atoms with E-state index < -0.39 is 24.7 Å². The van der Waals surface area contributed by atoms with Crippen molar-refractivity contribution in [2.24, 2.45) is 0 Å². The van der Waals surface area contributed by atoms with Gasteiger partial charge >= 0.3 is 6.18 Å². The number of rotatable bonds is 6. The van der Waals surface area contributed by atoms with Crippen LogP contribution < -0.4 is 9.80 Å². The number of piperazine rings is 1. The zero-order valence-electron chi connectivity index (χ0n) is 22.6. The molecule has 5 heterocycles. The number of aliphatic hydroxyl groups excluding tert-OH is 1. The summed E-state index contributed by atoms with van der Waals surface area (Å²) < 4.78 is 48.5. The minimum absolute atomic E-state index is 0.0509. The fraction of sp³-hybridized carbons (Fsp3) is 0.600. The summed E-state index contributed by atoms with van der Waals surface area (Å²) in [6.45, 7) is 6.37. The molecule has 12 nitrogen and oxygen atoms in total. The molecule has 216 valence electrons. The predicted molar refractivity (Wildman–Crippen MR) is 140 cm³/mol. The number of aliphatic hydroxyl groups is 1. The van der Waals surface area contributed by atoms with E-state index in [9.17, 15) is 23.1 Å². The van der Waals surface area contributed by atoms with Crippen LogP contribution in [0.5, 0.6) is 0 Å². The van der Waals surface area contributed by atoms with Crippen molar-refractivity contribution in [2.75, 3.05) is 55.7 Å². The minimum Gasteiger partial charge on any atom is -0.384 e. The summed E-state index contributed by atoms with van der Waals surface area (Å²) in [4.78, 5) is 40.3. The third-order valence-electron chi connectivity index (χ3n) is 7.12. The first-order valence-corrected chi connectivity index (χ1v) is 13.3. The number of halogens is 3. The maximum atomic E-state index is 14.0. The number of carbonyl (C=O) groups is 1. The lowest BCUT2D eigenvalue weighted by atomic mass is 10.1. The second kappa shape index (κ2) is 11.1. The summed E-state index contributed by atoms with van der Waals surface area (Å²) in [6, 6.07) is -0.305. The molecular formula is C25H32F3N9O3. The van der Waals surface area contributed by atoms with Crippen molar-refractivity contribution in [1.29, 1.82) is 0 Å². The zero-order valence-corrected chi connectivity index (χ0v) is 22.6. The van der Waals surface area contributed by atoms with Gasteiger partial charge in [0.05, 0.1) is 18.8 Å². The number of ether oxygens (including phenoxy) is 1. The molecule has 3 aromatic heterocycles. The van der Waals surface area contributed by atoms with Crippen LogP contribution in [-0.2, 0) is 16.1 Å². The average Bonchev–Trinajstić information content (AvgIpc) is 3.29. The Morgan fingerprint density at radius 2 is 1.80 bits per heavy atom. The number of alkyl halides is 3. The third kappa shape index (κ3) is 5.66. The molecule has 2 aliphatic rings. The number of hydrogen-bond acceptors (Lipinski definition) is 10. The number of imidazole rings is 1. The summed E-state index contributed by atoms with van der Waals surface area (Å²) in [5, 5.41) is 9.84. The van der Waals surface area contributed by atoms with E-state index in [1.54, 1.807) is 29.1 Å². The number of carbonyl (C=O) groups excluding carboxylic acids is 1. The van der Waals surface area contributed by atoms with Crippen molar-refractivity contribution in [3.63, 3.8) is 0 Å². The van der Waals surface area contributed by atoms with Gasteiger partial charge in [-0.3, -0.25) is 9.36 Å². The molecular weight excluding hydrogens is 531 g/mol. The first-order chi connectivity index (χ1) is 19.1. The van der Waals surface area contributed by atoms with Gasteiger partial charge in [0.2, 0.25) is 5.95 Å². The van der Waals surface area contributed by atoms with E-state index >= 15 is 0 Å². The van der Waals surface area contributed by atoms with Gasteiger partial charge in [-0.2, -0.15) is 13.2 Å². The third-order valence-corrected chi connectivity index (χ3v) is 7.12. The van der Waals surface area contributed by atoms with Crippen molar-refractivity contribution >= 4 is 28.8 Å². The lowest BCUT2D eigenvalue weighted by Gasteiger charge is -2.42. The van der Waals surface area contributed by atoms with Crippen molar-refractivity contribution in [3.8, 4) is 11.4 Å². The van der Waals surface area contributed by atoms with Crippen LogP contribution in [0.4, 0.5) is 24.9 Å². The van der Waals surface area contributed by atoms with Crippen LogP contribution in [-0.4, -0.2) is 110 Å². The quantitative estimate of drug-likeness (QED) is 0.475. The summed E-state index contributed by atoms with van der Waals surface area (Å²) in [7, 11) is 0. The fourth-order valence-electron chi connectivity index (χ4n) is 5.09. The molecule has 0 spiro atoms. The molecule has 0 radical (unpaired) electrons. The second-order valence-corrected chi connectivity index (χ2v) is 9.99. The molecule has 2 saturated heterocycles. The molecule has 40 heavy (non-hydrogen) atoms. The fourth-order valence-corrected chi connectivity index (χ4v) is 5.09. The topological polar surface area (TPSA) is 126 Å². The van der Waals surface area contributed by atoms with E-state index in [4.69, 9.17) is 14.7 Å². The number of morpholine rings is 1. The van der Waals surface area contributed by atoms with Crippen molar-refractivity contribution < 1.29 is 27.8 Å². The Kier molecular flexibility index (Phi) is 7.77. The number of hydrogen-bond donors (Lipinski definition) is 1. The van der Waals surface area contributed by atoms with Gasteiger partial charge < -0.3 is 24.5 Å². The molecule has 0 bridgehead atoms. The van der Waals surface area contributed by atoms with Crippen LogP contribution in [0.2, 0.25) is 0 Å². The van der Waals surface area contributed by atoms with Crippen LogP contribution in [0.25, 0.3) is 22.6 Å². The van der Waals surface area contributed by atoms with Crippen LogP contribution in [0.3, 0.4) is 0 Å². The molecule has 5 rings (SSSR count). The molecule has 2 aliphatic heterocycles. The van der Waals surface area contributed by atoms with Gasteiger partial charge in [0.1, 0.15) is 18.5 Å². The summed E-state index contributed by atoms with van der Waals surface area (Å²) in [6.07, 6.45) is -2.06. The minimum atomic E-state index is -4.55. The van der Waals surface area contributed by atoms with E-state index in [1.165, 1.54) is 6.92 Å². The van der Waals surface area contributed by atoms with E-state index in [0.717, 1.165) is 4.57 Å². The number of fused-ring (bicyclic) bond motifs is 1. The first kappa shape index (κ1) is 28.0. The van der Waals surface area contributed by atoms with Gasteiger partial charge in [-0.1, -0.05) is 6.92 Å². The summed E-state index contributed by atoms with van der Waals surface area (Å²) in [5.74, 6) is 0.863. The van der Waals surface area contributed by atoms with Crippen molar-refractivity contribution in [3.05, 3.63) is 18.2 Å². The van der Waals surface area contributed by atoms with Crippen LogP contribution >= 0.6 is 0 Å². The normalized spacial score (nSPS) is 19.4. The van der Waals surface area contributed by atoms with Crippen LogP contribution in [0, 0.1) is 6.92 Å². The highest BCUT2D eigenvalue weighted by Crippen LogP contribution is 2.34. The average molecular weight is 564 g/mol. The van der Waals surface area contributed by atoms with E-state index in [1.807, 2.05) is 11.8 Å². The van der Waals surface area contributed by atoms with Gasteiger partial charge in [0.25, 0.3) is 5.91 Å². The number of nitrogens with zero attached hydrogens (tertiary/aromatic N) is 9. The molecule has 2 fully saturated rings. The molecule has 0 aliphatic carbocycles. The Hall–Kier alpha value is -3.59. The molecule has 15 heteroatoms. The van der Waals surface area contributed by atoms with Crippen molar-refractivity contribution in [1.82, 2.24) is 34.4 Å². The highest BCUT2D eigenvalue weighted by atomic mass is 19.4. The van der Waals surface area contributed by atoms with Crippen molar-refractivity contribution in [2.45, 2.75) is 52.1 Å². The number of amides is 1. The monoisotopic (exact) mass is 563 g/mol. The van der Waals surface area contributed by atoms with Gasteiger partial charge in [-0.15, -0.1) is 0 Å². The van der Waals surface area contributed by atoms with Gasteiger partial charge in [0.15, 0.2) is 22.8 Å². The lowest BCUT2D eigenvalue weighted by molar-refractivity contribution is -0.142. The molecule has 1 amide bonds. The highest BCUT2D eigenvalue weighted by molar-refractivity contribution is 5.88. The smallest absolute Gasteiger partial charge is 0.384 e. The van der Waals surface area contributed by atoms with Gasteiger partial charge in [0, 0.05) is 51.2 Å². The van der Waals surface area contributed by atoms with Gasteiger partial charge in [-0.05, 0) is 20.3 Å². The standard InChI is InChI=1S/C25H32F3N9O3/c1-4-18-13-35(5-6-36(18)23(39)15(2)38)24-31-19-21(34-7-9-40-10-8-34)32-20(17-11-29-16(3)30-12-17)33-22(19)37(24)14-25(26,27)28/h11-12,15,18,38H,4-10,13-14H2,1-3H3/t15-,18-/m0/s1. The second-order valence-electron chi connectivity index (χ2n) is 9.99. The lowest BCUT2D eigenvalue weighted by Crippen LogP contribution is -2.57. The van der Waals surface area contributed by atoms with E-state index in [2.05, 4.69) is 15.0 Å². The molecule has 1 N–H and O–H groups in total. The van der Waals surface area contributed by atoms with Gasteiger partial charge in [-0.25, -0.2) is 24.9 Å². The number of aryl methyl sites for hydroxylation is 1. The first-order valence-electron chi connectivity index (χ1n) is 13.3. The molecule has 2 atom stereocenters. The Morgan fingerprint density at radius 1 is 1.10 bits per heavy atom. The summed E-state index contributed by atoms with van der Waals surface area (Å²) >= 11 is 0. The summed E-state index contributed by atoms with van der Waals surface area (Å²) in [5.41, 5.74) is 0.781. The SMILES string of the molecule is CC[C@H]1CN(c2nc3c(N4CCOCC4)nc(-c4cnc(C)nc4)nc3n2CC(F)(F)F)CCN1C(=O)[C@H](C)O. The number of aromatic nitrogens is 6. The van der Waals surface area contributed by atoms with Crippen LogP contribution in [0.15, 0.2) is 12.4 Å². The maximum Gasteiger partial charge on any atom is 0.406 e. The Morgan fingerprint density at radius 3 is 2.42 bits per heavy atom.